The largest absolute Gasteiger partial charge is 0.493 e. The molecule has 1 saturated heterocycles. The van der Waals surface area contributed by atoms with Crippen LogP contribution in [0, 0.1) is 17.6 Å². The van der Waals surface area contributed by atoms with E-state index >= 15 is 0 Å². The van der Waals surface area contributed by atoms with Gasteiger partial charge in [-0.05, 0) is 47.0 Å². The maximum Gasteiger partial charge on any atom is 0.162 e. The molecule has 0 radical (unpaired) electrons. The topological polar surface area (TPSA) is 45.8 Å². The zero-order valence-electron chi connectivity index (χ0n) is 17.9. The van der Waals surface area contributed by atoms with E-state index < -0.39 is 0 Å². The third-order valence-electron chi connectivity index (χ3n) is 6.38. The number of methoxy groups -OCH3 is 2. The van der Waals surface area contributed by atoms with Gasteiger partial charge in [0.1, 0.15) is 11.6 Å². The molecule has 3 unspecified atom stereocenters. The van der Waals surface area contributed by atoms with E-state index in [1.165, 1.54) is 18.2 Å². The van der Waals surface area contributed by atoms with Crippen molar-refractivity contribution in [2.75, 3.05) is 25.7 Å². The molecule has 0 aromatic heterocycles. The van der Waals surface area contributed by atoms with Gasteiger partial charge in [-0.2, -0.15) is 0 Å². The van der Waals surface area contributed by atoms with Crippen LogP contribution in [0.5, 0.6) is 11.5 Å². The Labute approximate surface area is 185 Å². The number of rotatable bonds is 5. The van der Waals surface area contributed by atoms with Crippen molar-refractivity contribution >= 4 is 5.69 Å². The summed E-state index contributed by atoms with van der Waals surface area (Å²) in [6.07, 6.45) is 0. The summed E-state index contributed by atoms with van der Waals surface area (Å²) in [5.74, 6) is 0.965. The van der Waals surface area contributed by atoms with Crippen LogP contribution >= 0.6 is 0 Å². The van der Waals surface area contributed by atoms with Crippen molar-refractivity contribution < 1.29 is 18.3 Å². The molecule has 2 heterocycles. The lowest BCUT2D eigenvalue weighted by Crippen LogP contribution is -2.39. The number of benzene rings is 3. The summed E-state index contributed by atoms with van der Waals surface area (Å²) in [5.41, 5.74) is 10.8. The highest BCUT2D eigenvalue weighted by atomic mass is 19.1. The third-order valence-corrected chi connectivity index (χ3v) is 6.38. The molecule has 166 valence electrons. The lowest BCUT2D eigenvalue weighted by atomic mass is 9.81. The second-order valence-electron chi connectivity index (χ2n) is 8.24. The molecule has 3 aromatic rings. The number of fused-ring (bicyclic) bond motifs is 3. The zero-order valence-corrected chi connectivity index (χ0v) is 17.9. The van der Waals surface area contributed by atoms with Crippen LogP contribution in [0.2, 0.25) is 0 Å². The fraction of sp³-hybridized carbons (Fsp3) is 0.280. The van der Waals surface area contributed by atoms with Crippen LogP contribution in [0.25, 0.3) is 0 Å². The average Bonchev–Trinajstić information content (AvgIpc) is 3.22. The van der Waals surface area contributed by atoms with E-state index in [9.17, 15) is 8.78 Å². The maximum atomic E-state index is 13.9. The van der Waals surface area contributed by atoms with Gasteiger partial charge in [-0.15, -0.1) is 0 Å². The summed E-state index contributed by atoms with van der Waals surface area (Å²) in [7, 11) is 3.24. The Morgan fingerprint density at radius 2 is 1.59 bits per heavy atom. The Balaban J connectivity index is 1.56. The summed E-state index contributed by atoms with van der Waals surface area (Å²) < 4.78 is 38.5. The summed E-state index contributed by atoms with van der Waals surface area (Å²) in [6.45, 7) is 1.28. The molecule has 32 heavy (non-hydrogen) atoms. The molecule has 0 bridgehead atoms. The zero-order chi connectivity index (χ0) is 22.2. The number of nitrogens with zero attached hydrogens (tertiary/aromatic N) is 1. The molecule has 5 rings (SSSR count). The number of anilines is 1. The molecular weight excluding hydrogens is 412 g/mol. The van der Waals surface area contributed by atoms with Crippen molar-refractivity contribution in [1.29, 1.82) is 0 Å². The van der Waals surface area contributed by atoms with Gasteiger partial charge in [0, 0.05) is 30.8 Å². The molecule has 7 heteroatoms. The predicted octanol–water partition coefficient (Wildman–Crippen LogP) is 4.51. The van der Waals surface area contributed by atoms with Gasteiger partial charge in [0.15, 0.2) is 11.5 Å². The van der Waals surface area contributed by atoms with E-state index in [1.807, 2.05) is 30.3 Å². The van der Waals surface area contributed by atoms with Crippen molar-refractivity contribution in [1.82, 2.24) is 10.9 Å². The van der Waals surface area contributed by atoms with Crippen molar-refractivity contribution in [2.45, 2.75) is 18.6 Å². The van der Waals surface area contributed by atoms with Crippen molar-refractivity contribution in [3.8, 4) is 11.5 Å². The van der Waals surface area contributed by atoms with E-state index in [2.05, 4.69) is 15.8 Å². The van der Waals surface area contributed by atoms with Gasteiger partial charge < -0.3 is 14.4 Å². The third kappa shape index (κ3) is 3.67. The van der Waals surface area contributed by atoms with Crippen LogP contribution in [0.4, 0.5) is 14.5 Å². The van der Waals surface area contributed by atoms with E-state index in [4.69, 9.17) is 9.47 Å². The molecule has 1 fully saturated rings. The SMILES string of the molecule is COc1cc2c(cc1OC)N(Cc1cccc(F)c1)CC1C(c3ccc(F)cc3)NNC21. The highest BCUT2D eigenvalue weighted by Crippen LogP contribution is 2.48. The second-order valence-corrected chi connectivity index (χ2v) is 8.24. The van der Waals surface area contributed by atoms with E-state index in [-0.39, 0.29) is 29.6 Å². The van der Waals surface area contributed by atoms with Crippen LogP contribution in [0.1, 0.15) is 28.8 Å². The van der Waals surface area contributed by atoms with E-state index in [0.29, 0.717) is 18.0 Å². The molecule has 2 aliphatic rings. The first-order chi connectivity index (χ1) is 15.6. The molecule has 3 aromatic carbocycles. The maximum absolute atomic E-state index is 13.9. The molecule has 5 nitrogen and oxygen atoms in total. The van der Waals surface area contributed by atoms with Gasteiger partial charge in [-0.25, -0.2) is 19.6 Å². The number of nitrogens with one attached hydrogen (secondary N) is 2. The quantitative estimate of drug-likeness (QED) is 0.615. The standard InChI is InChI=1S/C25H25F2N3O2/c1-31-22-11-19-21(12-23(22)32-2)30(13-15-4-3-5-18(27)10-15)14-20-24(28-29-25(19)20)16-6-8-17(26)9-7-16/h3-12,20,24-25,28-29H,13-14H2,1-2H3. The number of hydrogen-bond donors (Lipinski definition) is 2. The van der Waals surface area contributed by atoms with Gasteiger partial charge in [-0.3, -0.25) is 0 Å². The molecule has 0 amide bonds. The molecular formula is C25H25F2N3O2. The lowest BCUT2D eigenvalue weighted by Gasteiger charge is -2.39. The molecule has 2 N–H and O–H groups in total. The Bertz CT molecular complexity index is 1120. The van der Waals surface area contributed by atoms with Gasteiger partial charge >= 0.3 is 0 Å². The van der Waals surface area contributed by atoms with Gasteiger partial charge in [0.05, 0.1) is 26.3 Å². The highest BCUT2D eigenvalue weighted by molar-refractivity contribution is 5.65. The molecule has 0 spiro atoms. The van der Waals surface area contributed by atoms with Crippen molar-refractivity contribution in [2.24, 2.45) is 5.92 Å². The Kier molecular flexibility index (Phi) is 5.45. The monoisotopic (exact) mass is 437 g/mol. The number of hydrazine groups is 1. The minimum atomic E-state index is -0.255. The van der Waals surface area contributed by atoms with Crippen LogP contribution in [-0.2, 0) is 6.54 Å². The van der Waals surface area contributed by atoms with Crippen molar-refractivity contribution in [3.05, 3.63) is 89.0 Å². The van der Waals surface area contributed by atoms with Crippen LogP contribution in [-0.4, -0.2) is 20.8 Å². The summed E-state index contributed by atoms with van der Waals surface area (Å²) in [4.78, 5) is 2.25. The number of halogens is 2. The fourth-order valence-corrected chi connectivity index (χ4v) is 4.87. The molecule has 3 atom stereocenters. The van der Waals surface area contributed by atoms with Crippen molar-refractivity contribution in [3.63, 3.8) is 0 Å². The highest BCUT2D eigenvalue weighted by Gasteiger charge is 2.43. The average molecular weight is 437 g/mol. The first kappa shape index (κ1) is 20.7. The van der Waals surface area contributed by atoms with E-state index in [0.717, 1.165) is 28.9 Å². The van der Waals surface area contributed by atoms with Gasteiger partial charge in [0.2, 0.25) is 0 Å². The minimum absolute atomic E-state index is 0.00291. The first-order valence-electron chi connectivity index (χ1n) is 10.6. The lowest BCUT2D eigenvalue weighted by molar-refractivity contribution is 0.350. The van der Waals surface area contributed by atoms with E-state index in [1.54, 1.807) is 26.4 Å². The Morgan fingerprint density at radius 1 is 0.875 bits per heavy atom. The number of hydrogen-bond acceptors (Lipinski definition) is 5. The first-order valence-corrected chi connectivity index (χ1v) is 10.6. The smallest absolute Gasteiger partial charge is 0.162 e. The molecule has 2 aliphatic heterocycles. The van der Waals surface area contributed by atoms with Crippen LogP contribution in [0.15, 0.2) is 60.7 Å². The minimum Gasteiger partial charge on any atom is -0.493 e. The normalized spacial score (nSPS) is 21.8. The summed E-state index contributed by atoms with van der Waals surface area (Å²) in [6, 6.07) is 17.3. The van der Waals surface area contributed by atoms with Crippen LogP contribution < -0.4 is 25.2 Å². The van der Waals surface area contributed by atoms with Crippen LogP contribution in [0.3, 0.4) is 0 Å². The number of ether oxygens (including phenoxy) is 2. The summed E-state index contributed by atoms with van der Waals surface area (Å²) in [5, 5.41) is 0. The van der Waals surface area contributed by atoms with Gasteiger partial charge in [0.25, 0.3) is 0 Å². The fourth-order valence-electron chi connectivity index (χ4n) is 4.87. The Morgan fingerprint density at radius 3 is 2.31 bits per heavy atom. The predicted molar refractivity (Wildman–Crippen MR) is 119 cm³/mol. The second kappa shape index (κ2) is 8.41. The van der Waals surface area contributed by atoms with Gasteiger partial charge in [-0.1, -0.05) is 24.3 Å². The summed E-state index contributed by atoms with van der Waals surface area (Å²) >= 11 is 0. The molecule has 0 saturated carbocycles. The molecule has 0 aliphatic carbocycles. The Hall–Kier alpha value is -3.16.